The number of carboxylic acid groups (broad SMARTS) is 1. The Morgan fingerprint density at radius 3 is 2.16 bits per heavy atom. The van der Waals surface area contributed by atoms with Gasteiger partial charge in [-0.1, -0.05) is 6.58 Å². The maximum absolute atomic E-state index is 12.0. The summed E-state index contributed by atoms with van der Waals surface area (Å²) in [4.78, 5) is 23.0. The van der Waals surface area contributed by atoms with Crippen LogP contribution in [-0.4, -0.2) is 17.0 Å². The maximum atomic E-state index is 12.0. The first-order valence-electron chi connectivity index (χ1n) is 6.00. The Hall–Kier alpha value is -2.10. The minimum atomic E-state index is -1.15. The molecule has 1 atom stereocenters. The second kappa shape index (κ2) is 4.23. The molecule has 4 nitrogen and oxygen atoms in total. The zero-order chi connectivity index (χ0) is 14.5. The summed E-state index contributed by atoms with van der Waals surface area (Å²) >= 11 is 0. The fourth-order valence-electron chi connectivity index (χ4n) is 2.51. The molecular weight excluding hydrogens is 244 g/mol. The Morgan fingerprint density at radius 1 is 1.11 bits per heavy atom. The number of hydrogen-bond acceptors (Lipinski definition) is 3. The van der Waals surface area contributed by atoms with Crippen LogP contribution < -0.4 is 0 Å². The zero-order valence-corrected chi connectivity index (χ0v) is 11.5. The number of cyclic esters (lactones) is 1. The quantitative estimate of drug-likeness (QED) is 0.656. The molecule has 1 N–H and O–H groups in total. The Labute approximate surface area is 111 Å². The van der Waals surface area contributed by atoms with Gasteiger partial charge in [-0.15, -0.1) is 0 Å². The van der Waals surface area contributed by atoms with E-state index >= 15 is 0 Å². The highest BCUT2D eigenvalue weighted by Crippen LogP contribution is 2.41. The van der Waals surface area contributed by atoms with Crippen LogP contribution in [0.2, 0.25) is 0 Å². The Balaban J connectivity index is 2.75. The minimum Gasteiger partial charge on any atom is -0.478 e. The molecule has 0 radical (unpaired) electrons. The lowest BCUT2D eigenvalue weighted by Crippen LogP contribution is -2.11. The van der Waals surface area contributed by atoms with Crippen LogP contribution >= 0.6 is 0 Å². The normalized spacial score (nSPS) is 17.1. The van der Waals surface area contributed by atoms with Crippen LogP contribution in [0.3, 0.4) is 0 Å². The van der Waals surface area contributed by atoms with E-state index in [1.807, 2.05) is 27.7 Å². The third kappa shape index (κ3) is 1.75. The summed E-state index contributed by atoms with van der Waals surface area (Å²) in [6.45, 7) is 11.2. The first-order chi connectivity index (χ1) is 8.77. The monoisotopic (exact) mass is 260 g/mol. The average Bonchev–Trinajstić information content (AvgIpc) is 2.70. The molecule has 100 valence electrons. The lowest BCUT2D eigenvalue weighted by Gasteiger charge is -2.16. The number of carbonyl (C=O) groups is 2. The molecule has 0 saturated heterocycles. The molecule has 1 unspecified atom stereocenters. The topological polar surface area (TPSA) is 63.6 Å². The molecule has 1 aliphatic rings. The predicted octanol–water partition coefficient (Wildman–Crippen LogP) is 2.77. The van der Waals surface area contributed by atoms with Crippen LogP contribution in [0, 0.1) is 27.7 Å². The van der Waals surface area contributed by atoms with E-state index in [0.717, 1.165) is 22.3 Å². The molecule has 0 aliphatic carbocycles. The molecular formula is C15H16O4. The minimum absolute atomic E-state index is 0.113. The molecule has 1 aliphatic heterocycles. The molecule has 0 aromatic heterocycles. The van der Waals surface area contributed by atoms with Crippen molar-refractivity contribution >= 4 is 11.9 Å². The fourth-order valence-corrected chi connectivity index (χ4v) is 2.51. The number of aliphatic carboxylic acids is 1. The number of rotatable bonds is 2. The highest BCUT2D eigenvalue weighted by molar-refractivity contribution is 5.99. The van der Waals surface area contributed by atoms with E-state index in [1.54, 1.807) is 0 Å². The Kier molecular flexibility index (Phi) is 2.97. The molecule has 4 heteroatoms. The SMILES string of the molecule is C=C(C(=O)O)C1OC(=O)c2c(C)c(C)c(C)c(C)c21. The van der Waals surface area contributed by atoms with E-state index < -0.39 is 18.0 Å². The summed E-state index contributed by atoms with van der Waals surface area (Å²) in [7, 11) is 0. The van der Waals surface area contributed by atoms with Crippen molar-refractivity contribution < 1.29 is 19.4 Å². The Bertz CT molecular complexity index is 626. The van der Waals surface area contributed by atoms with E-state index in [0.29, 0.717) is 11.1 Å². The lowest BCUT2D eigenvalue weighted by atomic mass is 9.86. The molecule has 0 saturated carbocycles. The van der Waals surface area contributed by atoms with Crippen LogP contribution in [0.25, 0.3) is 0 Å². The molecule has 1 aromatic rings. The van der Waals surface area contributed by atoms with Gasteiger partial charge in [-0.05, 0) is 49.9 Å². The smallest absolute Gasteiger partial charge is 0.339 e. The van der Waals surface area contributed by atoms with E-state index in [2.05, 4.69) is 6.58 Å². The van der Waals surface area contributed by atoms with E-state index in [-0.39, 0.29) is 5.57 Å². The van der Waals surface area contributed by atoms with Gasteiger partial charge in [-0.25, -0.2) is 9.59 Å². The highest BCUT2D eigenvalue weighted by Gasteiger charge is 2.38. The number of carboxylic acids is 1. The van der Waals surface area contributed by atoms with Gasteiger partial charge in [0, 0.05) is 5.56 Å². The van der Waals surface area contributed by atoms with Crippen LogP contribution in [0.15, 0.2) is 12.2 Å². The van der Waals surface area contributed by atoms with Crippen molar-refractivity contribution in [3.8, 4) is 0 Å². The van der Waals surface area contributed by atoms with Gasteiger partial charge < -0.3 is 9.84 Å². The van der Waals surface area contributed by atoms with Crippen molar-refractivity contribution in [1.29, 1.82) is 0 Å². The number of hydrogen-bond donors (Lipinski definition) is 1. The van der Waals surface area contributed by atoms with Crippen molar-refractivity contribution in [3.63, 3.8) is 0 Å². The fraction of sp³-hybridized carbons (Fsp3) is 0.333. The molecule has 0 amide bonds. The van der Waals surface area contributed by atoms with Gasteiger partial charge in [0.2, 0.25) is 0 Å². The molecule has 1 heterocycles. The third-order valence-corrected chi connectivity index (χ3v) is 4.02. The van der Waals surface area contributed by atoms with Crippen LogP contribution in [0.1, 0.15) is 44.3 Å². The van der Waals surface area contributed by atoms with Gasteiger partial charge in [-0.2, -0.15) is 0 Å². The van der Waals surface area contributed by atoms with Crippen molar-refractivity contribution in [3.05, 3.63) is 45.5 Å². The maximum Gasteiger partial charge on any atom is 0.339 e. The number of carbonyl (C=O) groups excluding carboxylic acids is 1. The van der Waals surface area contributed by atoms with Gasteiger partial charge in [0.1, 0.15) is 0 Å². The first-order valence-corrected chi connectivity index (χ1v) is 6.00. The summed E-state index contributed by atoms with van der Waals surface area (Å²) in [6.07, 6.45) is -0.877. The van der Waals surface area contributed by atoms with Gasteiger partial charge in [-0.3, -0.25) is 0 Å². The molecule has 19 heavy (non-hydrogen) atoms. The zero-order valence-electron chi connectivity index (χ0n) is 11.5. The van der Waals surface area contributed by atoms with E-state index in [9.17, 15) is 9.59 Å². The summed E-state index contributed by atoms with van der Waals surface area (Å²) in [5.74, 6) is -1.62. The number of ether oxygens (including phenoxy) is 1. The van der Waals surface area contributed by atoms with Crippen molar-refractivity contribution in [2.45, 2.75) is 33.8 Å². The van der Waals surface area contributed by atoms with Crippen molar-refractivity contribution in [1.82, 2.24) is 0 Å². The molecule has 0 bridgehead atoms. The van der Waals surface area contributed by atoms with Crippen LogP contribution in [-0.2, 0) is 9.53 Å². The second-order valence-electron chi connectivity index (χ2n) is 4.90. The Morgan fingerprint density at radius 2 is 1.63 bits per heavy atom. The largest absolute Gasteiger partial charge is 0.478 e. The molecule has 0 fully saturated rings. The summed E-state index contributed by atoms with van der Waals surface area (Å²) in [5.41, 5.74) is 4.87. The number of esters is 1. The molecule has 2 rings (SSSR count). The van der Waals surface area contributed by atoms with Gasteiger partial charge in [0.15, 0.2) is 6.10 Å². The van der Waals surface area contributed by atoms with Gasteiger partial charge in [0.05, 0.1) is 11.1 Å². The van der Waals surface area contributed by atoms with Gasteiger partial charge in [0.25, 0.3) is 0 Å². The summed E-state index contributed by atoms with van der Waals surface area (Å²) in [5, 5.41) is 9.05. The van der Waals surface area contributed by atoms with Crippen LogP contribution in [0.4, 0.5) is 0 Å². The van der Waals surface area contributed by atoms with Crippen molar-refractivity contribution in [2.24, 2.45) is 0 Å². The van der Waals surface area contributed by atoms with Crippen LogP contribution in [0.5, 0.6) is 0 Å². The van der Waals surface area contributed by atoms with E-state index in [4.69, 9.17) is 9.84 Å². The highest BCUT2D eigenvalue weighted by atomic mass is 16.6. The molecule has 0 spiro atoms. The lowest BCUT2D eigenvalue weighted by molar-refractivity contribution is -0.133. The summed E-state index contributed by atoms with van der Waals surface area (Å²) in [6, 6.07) is 0. The van der Waals surface area contributed by atoms with E-state index in [1.165, 1.54) is 0 Å². The third-order valence-electron chi connectivity index (χ3n) is 4.02. The standard InChI is InChI=1S/C15H16O4/c1-6-7(2)9(4)12-11(8(6)3)13(19-15(12)18)10(5)14(16)17/h13H,5H2,1-4H3,(H,16,17). The number of benzene rings is 1. The first kappa shape index (κ1) is 13.3. The average molecular weight is 260 g/mol. The predicted molar refractivity (Wildman–Crippen MR) is 70.3 cm³/mol. The van der Waals surface area contributed by atoms with Crippen molar-refractivity contribution in [2.75, 3.05) is 0 Å². The summed E-state index contributed by atoms with van der Waals surface area (Å²) < 4.78 is 5.21. The number of fused-ring (bicyclic) bond motifs is 1. The second-order valence-corrected chi connectivity index (χ2v) is 4.90. The van der Waals surface area contributed by atoms with Gasteiger partial charge >= 0.3 is 11.9 Å². The molecule has 1 aromatic carbocycles.